The van der Waals surface area contributed by atoms with Crippen LogP contribution >= 0.6 is 0 Å². The van der Waals surface area contributed by atoms with Crippen molar-refractivity contribution in [3.8, 4) is 17.8 Å². The number of carbonyl (C=O) groups excluding carboxylic acids is 1. The fraction of sp³-hybridized carbons (Fsp3) is 0.200. The van der Waals surface area contributed by atoms with E-state index in [0.717, 1.165) is 5.69 Å². The molecule has 0 N–H and O–H groups in total. The Morgan fingerprint density at radius 3 is 2.43 bits per heavy atom. The van der Waals surface area contributed by atoms with Gasteiger partial charge in [-0.25, -0.2) is 4.68 Å². The highest BCUT2D eigenvalue weighted by molar-refractivity contribution is 5.95. The normalized spacial score (nSPS) is 9.67. The molecule has 0 unspecified atom stereocenters. The summed E-state index contributed by atoms with van der Waals surface area (Å²) in [5.41, 5.74) is 1.91. The number of benzene rings is 1. The van der Waals surface area contributed by atoms with E-state index < -0.39 is 0 Å². The molecule has 2 aromatic rings. The maximum atomic E-state index is 12.4. The summed E-state index contributed by atoms with van der Waals surface area (Å²) < 4.78 is 1.66. The molecular formula is C15H13N5O. The first kappa shape index (κ1) is 14.3. The lowest BCUT2D eigenvalue weighted by Gasteiger charge is -2.15. The summed E-state index contributed by atoms with van der Waals surface area (Å²) in [5.74, 6) is -0.363. The second-order valence-electron chi connectivity index (χ2n) is 4.37. The summed E-state index contributed by atoms with van der Waals surface area (Å²) in [4.78, 5) is 13.6. The predicted octanol–water partition coefficient (Wildman–Crippen LogP) is 1.67. The lowest BCUT2D eigenvalue weighted by Crippen LogP contribution is -2.32. The quantitative estimate of drug-likeness (QED) is 0.797. The van der Waals surface area contributed by atoms with Crippen molar-refractivity contribution in [3.63, 3.8) is 0 Å². The molecule has 0 aliphatic carbocycles. The molecule has 1 aromatic carbocycles. The topological polar surface area (TPSA) is 85.7 Å². The van der Waals surface area contributed by atoms with Crippen LogP contribution in [0.15, 0.2) is 36.5 Å². The number of para-hydroxylation sites is 1. The van der Waals surface area contributed by atoms with E-state index in [1.165, 1.54) is 11.1 Å². The Morgan fingerprint density at radius 1 is 1.24 bits per heavy atom. The molecule has 6 nitrogen and oxygen atoms in total. The minimum absolute atomic E-state index is 0.123. The Morgan fingerprint density at radius 2 is 1.86 bits per heavy atom. The fourth-order valence-electron chi connectivity index (χ4n) is 1.99. The van der Waals surface area contributed by atoms with E-state index in [1.807, 2.05) is 42.5 Å². The molecule has 1 amide bonds. The van der Waals surface area contributed by atoms with E-state index in [4.69, 9.17) is 10.5 Å². The minimum atomic E-state index is -0.363. The number of aromatic nitrogens is 2. The zero-order valence-corrected chi connectivity index (χ0v) is 11.5. The van der Waals surface area contributed by atoms with Crippen molar-refractivity contribution in [2.24, 2.45) is 0 Å². The molecule has 0 bridgehead atoms. The maximum absolute atomic E-state index is 12.4. The van der Waals surface area contributed by atoms with E-state index in [2.05, 4.69) is 5.10 Å². The van der Waals surface area contributed by atoms with Gasteiger partial charge in [-0.3, -0.25) is 4.79 Å². The molecule has 21 heavy (non-hydrogen) atoms. The molecule has 0 aliphatic rings. The van der Waals surface area contributed by atoms with Crippen molar-refractivity contribution in [1.82, 2.24) is 14.7 Å². The number of nitrogens with zero attached hydrogens (tertiary/aromatic N) is 5. The SMILES string of the molecule is Cc1c(C(=O)N(CC#N)CC#N)cnn1-c1ccccc1. The summed E-state index contributed by atoms with van der Waals surface area (Å²) in [6, 6.07) is 13.2. The predicted molar refractivity (Wildman–Crippen MR) is 75.4 cm³/mol. The van der Waals surface area contributed by atoms with Gasteiger partial charge in [0.1, 0.15) is 13.1 Å². The molecule has 6 heteroatoms. The average molecular weight is 279 g/mol. The summed E-state index contributed by atoms with van der Waals surface area (Å²) in [7, 11) is 0. The molecule has 1 aromatic heterocycles. The van der Waals surface area contributed by atoms with Crippen molar-refractivity contribution in [3.05, 3.63) is 47.8 Å². The fourth-order valence-corrected chi connectivity index (χ4v) is 1.99. The summed E-state index contributed by atoms with van der Waals surface area (Å²) in [6.07, 6.45) is 1.46. The molecule has 1 heterocycles. The van der Waals surface area contributed by atoms with Crippen LogP contribution in [0.4, 0.5) is 0 Å². The van der Waals surface area contributed by atoms with E-state index in [-0.39, 0.29) is 19.0 Å². The van der Waals surface area contributed by atoms with Crippen molar-refractivity contribution >= 4 is 5.91 Å². The monoisotopic (exact) mass is 279 g/mol. The number of nitriles is 2. The Balaban J connectivity index is 2.34. The van der Waals surface area contributed by atoms with Crippen LogP contribution in [0.5, 0.6) is 0 Å². The molecule has 0 spiro atoms. The third-order valence-electron chi connectivity index (χ3n) is 3.05. The highest BCUT2D eigenvalue weighted by Gasteiger charge is 2.20. The van der Waals surface area contributed by atoms with Gasteiger partial charge in [-0.1, -0.05) is 18.2 Å². The zero-order valence-electron chi connectivity index (χ0n) is 11.5. The third-order valence-corrected chi connectivity index (χ3v) is 3.05. The van der Waals surface area contributed by atoms with Crippen molar-refractivity contribution < 1.29 is 4.79 Å². The molecule has 0 radical (unpaired) electrons. The van der Waals surface area contributed by atoms with Gasteiger partial charge in [-0.15, -0.1) is 0 Å². The van der Waals surface area contributed by atoms with Crippen LogP contribution in [0.2, 0.25) is 0 Å². The lowest BCUT2D eigenvalue weighted by atomic mass is 10.2. The summed E-state index contributed by atoms with van der Waals surface area (Å²) >= 11 is 0. The first-order chi connectivity index (χ1) is 10.2. The van der Waals surface area contributed by atoms with Crippen LogP contribution in [0, 0.1) is 29.6 Å². The van der Waals surface area contributed by atoms with Crippen molar-refractivity contribution in [1.29, 1.82) is 10.5 Å². The number of hydrogen-bond donors (Lipinski definition) is 0. The van der Waals surface area contributed by atoms with Gasteiger partial charge >= 0.3 is 0 Å². The summed E-state index contributed by atoms with van der Waals surface area (Å²) in [6.45, 7) is 1.54. The van der Waals surface area contributed by atoms with Crippen LogP contribution in [0.3, 0.4) is 0 Å². The molecular weight excluding hydrogens is 266 g/mol. The Kier molecular flexibility index (Phi) is 4.33. The van der Waals surface area contributed by atoms with E-state index in [1.54, 1.807) is 11.6 Å². The van der Waals surface area contributed by atoms with Gasteiger partial charge < -0.3 is 4.90 Å². The molecule has 0 saturated carbocycles. The van der Waals surface area contributed by atoms with Crippen LogP contribution < -0.4 is 0 Å². The van der Waals surface area contributed by atoms with Gasteiger partial charge in [0, 0.05) is 0 Å². The average Bonchev–Trinajstić information content (AvgIpc) is 2.89. The maximum Gasteiger partial charge on any atom is 0.259 e. The summed E-state index contributed by atoms with van der Waals surface area (Å²) in [5, 5.41) is 21.7. The Bertz CT molecular complexity index is 705. The number of rotatable bonds is 4. The van der Waals surface area contributed by atoms with E-state index in [9.17, 15) is 4.79 Å². The van der Waals surface area contributed by atoms with Gasteiger partial charge in [-0.05, 0) is 19.1 Å². The molecule has 0 fully saturated rings. The number of amides is 1. The van der Waals surface area contributed by atoms with Crippen molar-refractivity contribution in [2.45, 2.75) is 6.92 Å². The van der Waals surface area contributed by atoms with Gasteiger partial charge in [0.2, 0.25) is 0 Å². The van der Waals surface area contributed by atoms with E-state index >= 15 is 0 Å². The van der Waals surface area contributed by atoms with Crippen LogP contribution in [-0.4, -0.2) is 33.7 Å². The number of carbonyl (C=O) groups is 1. The van der Waals surface area contributed by atoms with E-state index in [0.29, 0.717) is 11.3 Å². The second kappa shape index (κ2) is 6.36. The molecule has 2 rings (SSSR count). The number of hydrogen-bond acceptors (Lipinski definition) is 4. The lowest BCUT2D eigenvalue weighted by molar-refractivity contribution is 0.0794. The van der Waals surface area contributed by atoms with Gasteiger partial charge in [0.15, 0.2) is 0 Å². The Labute approximate surface area is 122 Å². The first-order valence-electron chi connectivity index (χ1n) is 6.32. The third kappa shape index (κ3) is 2.90. The standard InChI is InChI=1S/C15H13N5O/c1-12-14(15(21)19(9-7-16)10-8-17)11-18-20(12)13-5-3-2-4-6-13/h2-6,11H,9-10H2,1H3. The molecule has 0 saturated heterocycles. The van der Waals surface area contributed by atoms with Gasteiger partial charge in [0.05, 0.1) is 35.3 Å². The first-order valence-corrected chi connectivity index (χ1v) is 6.32. The molecule has 0 atom stereocenters. The molecule has 0 aliphatic heterocycles. The smallest absolute Gasteiger partial charge is 0.259 e. The Hall–Kier alpha value is -3.12. The highest BCUT2D eigenvalue weighted by Crippen LogP contribution is 2.15. The highest BCUT2D eigenvalue weighted by atomic mass is 16.2. The largest absolute Gasteiger partial charge is 0.312 e. The van der Waals surface area contributed by atoms with Crippen LogP contribution in [0.1, 0.15) is 16.1 Å². The van der Waals surface area contributed by atoms with Gasteiger partial charge in [0.25, 0.3) is 5.91 Å². The second-order valence-corrected chi connectivity index (χ2v) is 4.37. The molecule has 104 valence electrons. The van der Waals surface area contributed by atoms with Gasteiger partial charge in [-0.2, -0.15) is 15.6 Å². The van der Waals surface area contributed by atoms with Crippen LogP contribution in [0.25, 0.3) is 5.69 Å². The minimum Gasteiger partial charge on any atom is -0.312 e. The van der Waals surface area contributed by atoms with Crippen LogP contribution in [-0.2, 0) is 0 Å². The zero-order chi connectivity index (χ0) is 15.2. The van der Waals surface area contributed by atoms with Crippen molar-refractivity contribution in [2.75, 3.05) is 13.1 Å².